The molecule has 0 amide bonds. The van der Waals surface area contributed by atoms with Gasteiger partial charge in [-0.15, -0.1) is 11.3 Å². The van der Waals surface area contributed by atoms with Crippen molar-refractivity contribution < 1.29 is 18.3 Å². The number of carboxylic acid groups (broad SMARTS) is 1. The lowest BCUT2D eigenvalue weighted by atomic mass is 10.3. The van der Waals surface area contributed by atoms with Crippen LogP contribution in [0.3, 0.4) is 0 Å². The van der Waals surface area contributed by atoms with Gasteiger partial charge in [0, 0.05) is 6.42 Å². The summed E-state index contributed by atoms with van der Waals surface area (Å²) in [6.07, 6.45) is -0.158. The molecule has 17 heavy (non-hydrogen) atoms. The van der Waals surface area contributed by atoms with E-state index in [0.717, 1.165) is 11.3 Å². The first-order valence-electron chi connectivity index (χ1n) is 4.64. The van der Waals surface area contributed by atoms with Crippen molar-refractivity contribution in [1.82, 2.24) is 0 Å². The number of anilines is 1. The van der Waals surface area contributed by atoms with E-state index in [0.29, 0.717) is 0 Å². The van der Waals surface area contributed by atoms with Gasteiger partial charge in [0.25, 0.3) is 0 Å². The van der Waals surface area contributed by atoms with Crippen molar-refractivity contribution in [2.24, 2.45) is 0 Å². The number of hydrogen-bond donors (Lipinski definition) is 2. The van der Waals surface area contributed by atoms with Gasteiger partial charge in [-0.2, -0.15) is 5.26 Å². The van der Waals surface area contributed by atoms with Gasteiger partial charge in [0.2, 0.25) is 10.0 Å². The molecule has 1 aromatic heterocycles. The summed E-state index contributed by atoms with van der Waals surface area (Å²) in [4.78, 5) is 10.2. The lowest BCUT2D eigenvalue weighted by Gasteiger charge is -2.05. The monoisotopic (exact) mass is 274 g/mol. The third-order valence-electron chi connectivity index (χ3n) is 1.84. The van der Waals surface area contributed by atoms with E-state index < -0.39 is 16.0 Å². The van der Waals surface area contributed by atoms with Gasteiger partial charge >= 0.3 is 5.97 Å². The Morgan fingerprint density at radius 1 is 1.59 bits per heavy atom. The normalized spacial score (nSPS) is 10.8. The van der Waals surface area contributed by atoms with Gasteiger partial charge in [-0.3, -0.25) is 9.52 Å². The molecule has 0 unspecified atom stereocenters. The molecule has 0 fully saturated rings. The Morgan fingerprint density at radius 3 is 2.88 bits per heavy atom. The van der Waals surface area contributed by atoms with E-state index >= 15 is 0 Å². The number of nitriles is 1. The molecule has 0 bridgehead atoms. The topological polar surface area (TPSA) is 107 Å². The highest BCUT2D eigenvalue weighted by molar-refractivity contribution is 7.92. The van der Waals surface area contributed by atoms with E-state index in [1.165, 1.54) is 6.07 Å². The Balaban J connectivity index is 2.61. The van der Waals surface area contributed by atoms with Crippen LogP contribution in [0.4, 0.5) is 5.00 Å². The van der Waals surface area contributed by atoms with Gasteiger partial charge in [-0.25, -0.2) is 8.42 Å². The van der Waals surface area contributed by atoms with Gasteiger partial charge in [0.15, 0.2) is 0 Å². The van der Waals surface area contributed by atoms with Crippen LogP contribution in [-0.4, -0.2) is 25.2 Å². The van der Waals surface area contributed by atoms with Crippen LogP contribution >= 0.6 is 11.3 Å². The first kappa shape index (κ1) is 13.5. The number of thiophene rings is 1. The summed E-state index contributed by atoms with van der Waals surface area (Å²) in [6, 6.07) is 3.38. The van der Waals surface area contributed by atoms with Gasteiger partial charge < -0.3 is 5.11 Å². The predicted molar refractivity (Wildman–Crippen MR) is 63.3 cm³/mol. The summed E-state index contributed by atoms with van der Waals surface area (Å²) < 4.78 is 25.3. The average Bonchev–Trinajstić information content (AvgIpc) is 2.63. The molecule has 2 N–H and O–H groups in total. The highest BCUT2D eigenvalue weighted by Gasteiger charge is 2.14. The third kappa shape index (κ3) is 4.42. The van der Waals surface area contributed by atoms with Gasteiger partial charge in [0.05, 0.1) is 11.3 Å². The molecule has 1 rings (SSSR count). The van der Waals surface area contributed by atoms with Crippen molar-refractivity contribution in [3.63, 3.8) is 0 Å². The molecule has 8 heteroatoms. The van der Waals surface area contributed by atoms with E-state index in [1.807, 2.05) is 6.07 Å². The highest BCUT2D eigenvalue weighted by atomic mass is 32.2. The first-order chi connectivity index (χ1) is 7.94. The number of hydrogen-bond acceptors (Lipinski definition) is 5. The molecule has 0 saturated heterocycles. The van der Waals surface area contributed by atoms with Crippen molar-refractivity contribution in [1.29, 1.82) is 5.26 Å². The number of carbonyl (C=O) groups is 1. The summed E-state index contributed by atoms with van der Waals surface area (Å²) in [6.45, 7) is 0. The van der Waals surface area contributed by atoms with Crippen LogP contribution in [0.5, 0.6) is 0 Å². The van der Waals surface area contributed by atoms with Crippen LogP contribution < -0.4 is 4.72 Å². The SMILES string of the molecule is N#Cc1ccsc1NS(=O)(=O)CCCC(=O)O. The van der Waals surface area contributed by atoms with Crippen LogP contribution in [-0.2, 0) is 14.8 Å². The largest absolute Gasteiger partial charge is 0.481 e. The van der Waals surface area contributed by atoms with Crippen LogP contribution in [0, 0.1) is 11.3 Å². The minimum absolute atomic E-state index is 0.0396. The average molecular weight is 274 g/mol. The molecule has 6 nitrogen and oxygen atoms in total. The van der Waals surface area contributed by atoms with Crippen LogP contribution in [0.25, 0.3) is 0 Å². The standard InChI is InChI=1S/C9H10N2O4S2/c10-6-7-3-4-16-9(7)11-17(14,15)5-1-2-8(12)13/h3-4,11H,1-2,5H2,(H,12,13). The summed E-state index contributed by atoms with van der Waals surface area (Å²) >= 11 is 1.11. The molecule has 92 valence electrons. The maximum atomic E-state index is 11.5. The zero-order chi connectivity index (χ0) is 12.9. The zero-order valence-electron chi connectivity index (χ0n) is 8.71. The Bertz CT molecular complexity index is 542. The first-order valence-corrected chi connectivity index (χ1v) is 7.17. The second-order valence-corrected chi connectivity index (χ2v) is 5.95. The van der Waals surface area contributed by atoms with Crippen LogP contribution in [0.1, 0.15) is 18.4 Å². The van der Waals surface area contributed by atoms with E-state index in [2.05, 4.69) is 4.72 Å². The van der Waals surface area contributed by atoms with E-state index in [1.54, 1.807) is 5.38 Å². The van der Waals surface area contributed by atoms with Crippen LogP contribution in [0.2, 0.25) is 0 Å². The van der Waals surface area contributed by atoms with E-state index in [4.69, 9.17) is 10.4 Å². The number of rotatable bonds is 6. The smallest absolute Gasteiger partial charge is 0.303 e. The number of carboxylic acids is 1. The quantitative estimate of drug-likeness (QED) is 0.811. The van der Waals surface area contributed by atoms with Crippen molar-refractivity contribution in [2.75, 3.05) is 10.5 Å². The molecule has 0 aromatic carbocycles. The number of nitrogens with one attached hydrogen (secondary N) is 1. The molecular weight excluding hydrogens is 264 g/mol. The maximum absolute atomic E-state index is 11.5. The molecule has 0 aliphatic carbocycles. The van der Waals surface area contributed by atoms with E-state index in [9.17, 15) is 13.2 Å². The lowest BCUT2D eigenvalue weighted by molar-refractivity contribution is -0.137. The van der Waals surface area contributed by atoms with Crippen molar-refractivity contribution in [2.45, 2.75) is 12.8 Å². The Morgan fingerprint density at radius 2 is 2.29 bits per heavy atom. The molecular formula is C9H10N2O4S2. The Labute approximate surface area is 103 Å². The van der Waals surface area contributed by atoms with Crippen molar-refractivity contribution >= 4 is 32.3 Å². The predicted octanol–water partition coefficient (Wildman–Crippen LogP) is 1.23. The Kier molecular flexibility index (Phi) is 4.48. The fourth-order valence-electron chi connectivity index (χ4n) is 1.08. The lowest BCUT2D eigenvalue weighted by Crippen LogP contribution is -2.17. The third-order valence-corrected chi connectivity index (χ3v) is 4.14. The summed E-state index contributed by atoms with van der Waals surface area (Å²) in [5, 5.41) is 19.0. The zero-order valence-corrected chi connectivity index (χ0v) is 10.3. The second-order valence-electron chi connectivity index (χ2n) is 3.19. The summed E-state index contributed by atoms with van der Waals surface area (Å²) in [5.41, 5.74) is 0.261. The second kappa shape index (κ2) is 5.65. The van der Waals surface area contributed by atoms with Crippen molar-refractivity contribution in [3.05, 3.63) is 17.0 Å². The van der Waals surface area contributed by atoms with Gasteiger partial charge in [-0.05, 0) is 17.9 Å². The molecule has 1 heterocycles. The van der Waals surface area contributed by atoms with Gasteiger partial charge in [-0.1, -0.05) is 0 Å². The fraction of sp³-hybridized carbons (Fsp3) is 0.333. The fourth-order valence-corrected chi connectivity index (χ4v) is 3.26. The molecule has 1 aromatic rings. The van der Waals surface area contributed by atoms with Gasteiger partial charge in [0.1, 0.15) is 11.1 Å². The molecule has 0 saturated carbocycles. The van der Waals surface area contributed by atoms with Crippen LogP contribution in [0.15, 0.2) is 11.4 Å². The maximum Gasteiger partial charge on any atom is 0.303 e. The molecule has 0 spiro atoms. The minimum atomic E-state index is -3.59. The summed E-state index contributed by atoms with van der Waals surface area (Å²) in [7, 11) is -3.59. The minimum Gasteiger partial charge on any atom is -0.481 e. The highest BCUT2D eigenvalue weighted by Crippen LogP contribution is 2.23. The number of aliphatic carboxylic acids is 1. The Hall–Kier alpha value is -1.59. The van der Waals surface area contributed by atoms with E-state index in [-0.39, 0.29) is 29.2 Å². The molecule has 0 radical (unpaired) electrons. The summed E-state index contributed by atoms with van der Waals surface area (Å²) in [5.74, 6) is -1.31. The van der Waals surface area contributed by atoms with Crippen molar-refractivity contribution in [3.8, 4) is 6.07 Å². The number of sulfonamides is 1. The molecule has 0 aliphatic heterocycles. The number of nitrogens with zero attached hydrogens (tertiary/aromatic N) is 1. The molecule has 0 aliphatic rings. The molecule has 0 atom stereocenters.